The summed E-state index contributed by atoms with van der Waals surface area (Å²) in [6, 6.07) is 14.6. The number of carbonyl (C=O) groups is 2. The van der Waals surface area contributed by atoms with Crippen molar-refractivity contribution in [2.24, 2.45) is 0 Å². The number of aromatic nitrogens is 1. The molecule has 1 heterocycles. The number of hydrogen-bond acceptors (Lipinski definition) is 5. The van der Waals surface area contributed by atoms with Gasteiger partial charge in [0.15, 0.2) is 11.7 Å². The van der Waals surface area contributed by atoms with Crippen molar-refractivity contribution in [2.45, 2.75) is 45.8 Å². The Labute approximate surface area is 168 Å². The molecule has 7 heteroatoms. The van der Waals surface area contributed by atoms with Gasteiger partial charge in [-0.15, -0.1) is 0 Å². The van der Waals surface area contributed by atoms with Crippen LogP contribution in [0.15, 0.2) is 57.7 Å². The second kappa shape index (κ2) is 9.23. The number of para-hydroxylation sites is 2. The van der Waals surface area contributed by atoms with E-state index in [9.17, 15) is 14.4 Å². The number of esters is 1. The standard InChI is InChI=1S/C22H24N2O5/c1-3-16-10-12-17(13-11-16)23-21(26)15(2)28-20(25)9-6-14-24-18-7-4-5-8-19(18)29-22(24)27/h4-5,7-8,10-13,15H,3,6,9,14H2,1-2H3,(H,23,26). The fourth-order valence-corrected chi connectivity index (χ4v) is 2.98. The van der Waals surface area contributed by atoms with Gasteiger partial charge in [0.25, 0.3) is 5.91 Å². The Bertz CT molecular complexity index is 1050. The van der Waals surface area contributed by atoms with Crippen molar-refractivity contribution < 1.29 is 18.7 Å². The van der Waals surface area contributed by atoms with Gasteiger partial charge in [0.05, 0.1) is 5.52 Å². The third-order valence-electron chi connectivity index (χ3n) is 4.64. The summed E-state index contributed by atoms with van der Waals surface area (Å²) in [5.41, 5.74) is 3.03. The van der Waals surface area contributed by atoms with Gasteiger partial charge in [0.2, 0.25) is 0 Å². The molecule has 0 spiro atoms. The Morgan fingerprint density at radius 2 is 1.86 bits per heavy atom. The van der Waals surface area contributed by atoms with Crippen LogP contribution in [-0.4, -0.2) is 22.5 Å². The van der Waals surface area contributed by atoms with Crippen LogP contribution in [0.4, 0.5) is 5.69 Å². The molecule has 3 rings (SSSR count). The number of hydrogen-bond donors (Lipinski definition) is 1. The summed E-state index contributed by atoms with van der Waals surface area (Å²) < 4.78 is 11.9. The lowest BCUT2D eigenvalue weighted by Gasteiger charge is -2.14. The van der Waals surface area contributed by atoms with E-state index in [4.69, 9.17) is 9.15 Å². The lowest BCUT2D eigenvalue weighted by Crippen LogP contribution is -2.30. The smallest absolute Gasteiger partial charge is 0.419 e. The number of anilines is 1. The van der Waals surface area contributed by atoms with Gasteiger partial charge in [-0.2, -0.15) is 0 Å². The number of amides is 1. The van der Waals surface area contributed by atoms with E-state index < -0.39 is 17.8 Å². The maximum Gasteiger partial charge on any atom is 0.419 e. The number of ether oxygens (including phenoxy) is 1. The molecule has 3 aromatic rings. The van der Waals surface area contributed by atoms with E-state index in [0.29, 0.717) is 29.8 Å². The van der Waals surface area contributed by atoms with Crippen LogP contribution in [-0.2, 0) is 27.3 Å². The van der Waals surface area contributed by atoms with Gasteiger partial charge in [-0.3, -0.25) is 14.2 Å². The van der Waals surface area contributed by atoms with Gasteiger partial charge < -0.3 is 14.5 Å². The van der Waals surface area contributed by atoms with Gasteiger partial charge >= 0.3 is 11.7 Å². The van der Waals surface area contributed by atoms with Gasteiger partial charge in [0.1, 0.15) is 0 Å². The molecule has 0 aliphatic carbocycles. The monoisotopic (exact) mass is 396 g/mol. The highest BCUT2D eigenvalue weighted by molar-refractivity contribution is 5.95. The summed E-state index contributed by atoms with van der Waals surface area (Å²) in [6.45, 7) is 3.91. The fourth-order valence-electron chi connectivity index (χ4n) is 2.98. The predicted molar refractivity (Wildman–Crippen MR) is 110 cm³/mol. The van der Waals surface area contributed by atoms with E-state index in [2.05, 4.69) is 12.2 Å². The quantitative estimate of drug-likeness (QED) is 0.589. The van der Waals surface area contributed by atoms with Gasteiger partial charge in [-0.1, -0.05) is 31.2 Å². The molecule has 2 aromatic carbocycles. The van der Waals surface area contributed by atoms with Crippen molar-refractivity contribution >= 4 is 28.7 Å². The van der Waals surface area contributed by atoms with E-state index in [1.54, 1.807) is 18.2 Å². The van der Waals surface area contributed by atoms with Crippen LogP contribution in [0.5, 0.6) is 0 Å². The van der Waals surface area contributed by atoms with Crippen LogP contribution in [0.2, 0.25) is 0 Å². The SMILES string of the molecule is CCc1ccc(NC(=O)C(C)OC(=O)CCCn2c(=O)oc3ccccc32)cc1. The molecule has 7 nitrogen and oxygen atoms in total. The number of nitrogens with zero attached hydrogens (tertiary/aromatic N) is 1. The summed E-state index contributed by atoms with van der Waals surface area (Å²) in [7, 11) is 0. The van der Waals surface area contributed by atoms with Crippen LogP contribution in [0.3, 0.4) is 0 Å². The molecule has 1 N–H and O–H groups in total. The van der Waals surface area contributed by atoms with Crippen molar-refractivity contribution in [3.05, 3.63) is 64.6 Å². The Hall–Kier alpha value is -3.35. The Morgan fingerprint density at radius 1 is 1.14 bits per heavy atom. The predicted octanol–water partition coefficient (Wildman–Crippen LogP) is 3.51. The number of nitrogens with one attached hydrogen (secondary N) is 1. The third-order valence-corrected chi connectivity index (χ3v) is 4.64. The minimum Gasteiger partial charge on any atom is -0.453 e. The summed E-state index contributed by atoms with van der Waals surface area (Å²) in [5.74, 6) is -1.34. The number of aryl methyl sites for hydroxylation is 2. The van der Waals surface area contributed by atoms with E-state index in [1.807, 2.05) is 30.3 Å². The molecule has 152 valence electrons. The molecule has 1 atom stereocenters. The van der Waals surface area contributed by atoms with E-state index in [-0.39, 0.29) is 12.3 Å². The van der Waals surface area contributed by atoms with Crippen molar-refractivity contribution in [3.8, 4) is 0 Å². The van der Waals surface area contributed by atoms with Crippen LogP contribution in [0.1, 0.15) is 32.3 Å². The van der Waals surface area contributed by atoms with Crippen LogP contribution in [0, 0.1) is 0 Å². The van der Waals surface area contributed by atoms with E-state index in [1.165, 1.54) is 17.1 Å². The molecule has 0 aliphatic heterocycles. The zero-order chi connectivity index (χ0) is 20.8. The highest BCUT2D eigenvalue weighted by Crippen LogP contribution is 2.13. The number of fused-ring (bicyclic) bond motifs is 1. The molecule has 1 aromatic heterocycles. The second-order valence-electron chi connectivity index (χ2n) is 6.76. The van der Waals surface area contributed by atoms with Crippen molar-refractivity contribution in [1.29, 1.82) is 0 Å². The third kappa shape index (κ3) is 5.13. The van der Waals surface area contributed by atoms with Gasteiger partial charge in [-0.25, -0.2) is 4.79 Å². The van der Waals surface area contributed by atoms with Crippen molar-refractivity contribution in [1.82, 2.24) is 4.57 Å². The minimum absolute atomic E-state index is 0.0920. The topological polar surface area (TPSA) is 90.5 Å². The van der Waals surface area contributed by atoms with Crippen LogP contribution >= 0.6 is 0 Å². The van der Waals surface area contributed by atoms with Crippen molar-refractivity contribution in [2.75, 3.05) is 5.32 Å². The molecule has 0 saturated heterocycles. The molecule has 29 heavy (non-hydrogen) atoms. The molecule has 0 fully saturated rings. The maximum atomic E-state index is 12.2. The summed E-state index contributed by atoms with van der Waals surface area (Å²) >= 11 is 0. The van der Waals surface area contributed by atoms with Gasteiger partial charge in [-0.05, 0) is 49.6 Å². The molecule has 0 radical (unpaired) electrons. The zero-order valence-electron chi connectivity index (χ0n) is 16.5. The summed E-state index contributed by atoms with van der Waals surface area (Å²) in [5, 5.41) is 2.73. The molecule has 1 amide bonds. The molecular weight excluding hydrogens is 372 g/mol. The van der Waals surface area contributed by atoms with Crippen LogP contribution in [0.25, 0.3) is 11.1 Å². The second-order valence-corrected chi connectivity index (χ2v) is 6.76. The van der Waals surface area contributed by atoms with E-state index >= 15 is 0 Å². The maximum absolute atomic E-state index is 12.2. The molecule has 0 saturated carbocycles. The lowest BCUT2D eigenvalue weighted by molar-refractivity contribution is -0.153. The molecule has 1 unspecified atom stereocenters. The zero-order valence-corrected chi connectivity index (χ0v) is 16.5. The number of oxazole rings is 1. The van der Waals surface area contributed by atoms with E-state index in [0.717, 1.165) is 6.42 Å². The largest absolute Gasteiger partial charge is 0.453 e. The molecule has 0 bridgehead atoms. The summed E-state index contributed by atoms with van der Waals surface area (Å²) in [6.07, 6.45) is 0.498. The lowest BCUT2D eigenvalue weighted by atomic mass is 10.1. The van der Waals surface area contributed by atoms with Crippen LogP contribution < -0.4 is 11.1 Å². The first-order valence-corrected chi connectivity index (χ1v) is 9.65. The Balaban J connectivity index is 1.47. The Morgan fingerprint density at radius 3 is 2.59 bits per heavy atom. The first-order valence-electron chi connectivity index (χ1n) is 9.65. The highest BCUT2D eigenvalue weighted by atomic mass is 16.5. The fraction of sp³-hybridized carbons (Fsp3) is 0.318. The van der Waals surface area contributed by atoms with Crippen molar-refractivity contribution in [3.63, 3.8) is 0 Å². The average Bonchev–Trinajstić information content (AvgIpc) is 3.03. The average molecular weight is 396 g/mol. The number of benzene rings is 2. The summed E-state index contributed by atoms with van der Waals surface area (Å²) in [4.78, 5) is 36.2. The number of carbonyl (C=O) groups excluding carboxylic acids is 2. The van der Waals surface area contributed by atoms with Gasteiger partial charge in [0, 0.05) is 18.7 Å². The highest BCUT2D eigenvalue weighted by Gasteiger charge is 2.18. The molecule has 0 aliphatic rings. The number of rotatable bonds is 8. The normalized spacial score (nSPS) is 11.9. The Kier molecular flexibility index (Phi) is 6.49. The molecular formula is C22H24N2O5. The first kappa shape index (κ1) is 20.4. The minimum atomic E-state index is -0.911. The first-order chi connectivity index (χ1) is 14.0.